The van der Waals surface area contributed by atoms with Crippen molar-refractivity contribution in [1.29, 1.82) is 0 Å². The van der Waals surface area contributed by atoms with E-state index in [0.717, 1.165) is 40.8 Å². The van der Waals surface area contributed by atoms with Crippen LogP contribution in [0.25, 0.3) is 66.1 Å². The van der Waals surface area contributed by atoms with Gasteiger partial charge in [0, 0.05) is 38.5 Å². The molecule has 8 aromatic carbocycles. The Morgan fingerprint density at radius 1 is 0.569 bits per heavy atom. The summed E-state index contributed by atoms with van der Waals surface area (Å²) in [6.45, 7) is 7.49. The highest BCUT2D eigenvalue weighted by molar-refractivity contribution is 6.70. The highest BCUT2D eigenvalue weighted by Crippen LogP contribution is 2.57. The average molecular weight is 747 g/mol. The molecule has 11 rings (SSSR count). The summed E-state index contributed by atoms with van der Waals surface area (Å²) in [5, 5.41) is 8.73. The third-order valence-corrected chi connectivity index (χ3v) is 14.0. The van der Waals surface area contributed by atoms with Crippen molar-refractivity contribution in [2.24, 2.45) is 0 Å². The molecule has 9 aromatic rings. The van der Waals surface area contributed by atoms with Crippen LogP contribution in [0.4, 0.5) is 11.4 Å². The molecule has 2 aliphatic rings. The summed E-state index contributed by atoms with van der Waals surface area (Å²) in [6.07, 6.45) is 4.59. The summed E-state index contributed by atoms with van der Waals surface area (Å²) in [6, 6.07) is 59.8. The molecule has 3 heteroatoms. The third kappa shape index (κ3) is 5.33. The number of fused-ring (bicyclic) bond motifs is 11. The van der Waals surface area contributed by atoms with Crippen molar-refractivity contribution in [2.75, 3.05) is 5.32 Å². The van der Waals surface area contributed by atoms with Crippen molar-refractivity contribution in [3.05, 3.63) is 180 Å². The molecule has 0 spiro atoms. The average Bonchev–Trinajstić information content (AvgIpc) is 3.63. The third-order valence-electron chi connectivity index (χ3n) is 14.0. The lowest BCUT2D eigenvalue weighted by molar-refractivity contribution is 0.172. The van der Waals surface area contributed by atoms with Gasteiger partial charge in [-0.25, -0.2) is 0 Å². The van der Waals surface area contributed by atoms with E-state index in [2.05, 4.69) is 197 Å². The second kappa shape index (κ2) is 13.4. The number of anilines is 2. The summed E-state index contributed by atoms with van der Waals surface area (Å²) < 4.78 is 7.11. The van der Waals surface area contributed by atoms with E-state index in [1.54, 1.807) is 0 Å². The molecule has 1 aliphatic carbocycles. The van der Waals surface area contributed by atoms with Gasteiger partial charge in [-0.1, -0.05) is 177 Å². The molecule has 0 saturated heterocycles. The fourth-order valence-corrected chi connectivity index (χ4v) is 10.7. The van der Waals surface area contributed by atoms with E-state index in [1.165, 1.54) is 90.0 Å². The zero-order chi connectivity index (χ0) is 39.0. The predicted molar refractivity (Wildman–Crippen MR) is 247 cm³/mol. The Hall–Kier alpha value is -6.32. The lowest BCUT2D eigenvalue weighted by Crippen LogP contribution is -2.54. The number of furan rings is 1. The van der Waals surface area contributed by atoms with Crippen LogP contribution >= 0.6 is 0 Å². The van der Waals surface area contributed by atoms with Crippen LogP contribution in [0.3, 0.4) is 0 Å². The minimum atomic E-state index is -0.220. The lowest BCUT2D eigenvalue weighted by Gasteiger charge is -2.53. The van der Waals surface area contributed by atoms with Gasteiger partial charge in [0.15, 0.2) is 7.28 Å². The summed E-state index contributed by atoms with van der Waals surface area (Å²) in [7, 11) is 2.52. The molecule has 2 bridgehead atoms. The van der Waals surface area contributed by atoms with Crippen LogP contribution in [-0.2, 0) is 10.8 Å². The van der Waals surface area contributed by atoms with Gasteiger partial charge < -0.3 is 9.73 Å². The van der Waals surface area contributed by atoms with E-state index in [1.807, 2.05) is 0 Å². The van der Waals surface area contributed by atoms with E-state index < -0.39 is 0 Å². The Morgan fingerprint density at radius 3 is 1.97 bits per heavy atom. The van der Waals surface area contributed by atoms with Gasteiger partial charge in [-0.05, 0) is 99.8 Å². The molecule has 0 amide bonds. The second-order valence-electron chi connectivity index (χ2n) is 17.1. The van der Waals surface area contributed by atoms with Crippen LogP contribution in [0.5, 0.6) is 0 Å². The van der Waals surface area contributed by atoms with Gasteiger partial charge >= 0.3 is 0 Å². The first-order valence-electron chi connectivity index (χ1n) is 20.9. The van der Waals surface area contributed by atoms with E-state index in [9.17, 15) is 0 Å². The SMILES string of the molecule is Cc1c2cc(-c3ccccc3)cc1C1(C)CCCCC1(C)c1c(c(-c3c(Nc4ccc(-c5ccccc5)cc4)ccc4ccccc34)cc3c1oc1ccccc13)[B]2. The van der Waals surface area contributed by atoms with Gasteiger partial charge in [-0.3, -0.25) is 0 Å². The Kier molecular flexibility index (Phi) is 8.05. The standard InChI is InChI=1S/C55H45BNO/c1-35-46-32-40(37-18-8-5-9-19-37)33-47(35)56-52-45(34-44-43-22-12-13-23-49(43)58-53(44)51(52)55(3)31-15-14-30-54(46,55)2)50-42-21-11-10-20-39(42)26-29-48(50)57-41-27-24-38(25-28-41)36-16-6-4-7-17-36/h4-13,16-29,32-34,57H,14-15,30-31H2,1-3H3. The molecule has 1 aromatic heterocycles. The highest BCUT2D eigenvalue weighted by Gasteiger charge is 2.52. The number of para-hydroxylation sites is 1. The van der Waals surface area contributed by atoms with E-state index in [-0.39, 0.29) is 10.8 Å². The molecule has 58 heavy (non-hydrogen) atoms. The molecule has 2 unspecified atom stereocenters. The Labute approximate surface area is 341 Å². The van der Waals surface area contributed by atoms with Crippen LogP contribution in [0, 0.1) is 6.92 Å². The number of nitrogens with one attached hydrogen (secondary N) is 1. The number of rotatable bonds is 5. The maximum absolute atomic E-state index is 7.11. The topological polar surface area (TPSA) is 25.2 Å². The first-order chi connectivity index (χ1) is 28.4. The molecule has 2 nitrogen and oxygen atoms in total. The smallest absolute Gasteiger partial charge is 0.193 e. The predicted octanol–water partition coefficient (Wildman–Crippen LogP) is 13.6. The maximum Gasteiger partial charge on any atom is 0.193 e. The maximum atomic E-state index is 7.11. The first kappa shape index (κ1) is 34.9. The minimum absolute atomic E-state index is 0.136. The molecular formula is C55H45BNO. The van der Waals surface area contributed by atoms with Gasteiger partial charge in [0.2, 0.25) is 0 Å². The van der Waals surface area contributed by atoms with Crippen molar-refractivity contribution in [3.63, 3.8) is 0 Å². The van der Waals surface area contributed by atoms with Gasteiger partial charge in [-0.15, -0.1) is 0 Å². The van der Waals surface area contributed by atoms with Crippen molar-refractivity contribution in [3.8, 4) is 33.4 Å². The molecule has 1 N–H and O–H groups in total. The van der Waals surface area contributed by atoms with Gasteiger partial charge in [-0.2, -0.15) is 0 Å². The number of benzene rings is 8. The quantitative estimate of drug-likeness (QED) is 0.177. The van der Waals surface area contributed by atoms with Crippen molar-refractivity contribution in [1.82, 2.24) is 0 Å². The molecule has 1 fully saturated rings. The minimum Gasteiger partial charge on any atom is -0.456 e. The molecule has 1 radical (unpaired) electrons. The highest BCUT2D eigenvalue weighted by atomic mass is 16.3. The van der Waals surface area contributed by atoms with Gasteiger partial charge in [0.1, 0.15) is 11.2 Å². The summed E-state index contributed by atoms with van der Waals surface area (Å²) in [4.78, 5) is 0. The molecular weight excluding hydrogens is 701 g/mol. The van der Waals surface area contributed by atoms with Crippen LogP contribution in [-0.4, -0.2) is 7.28 Å². The normalized spacial score (nSPS) is 18.6. The second-order valence-corrected chi connectivity index (χ2v) is 17.1. The van der Waals surface area contributed by atoms with E-state index >= 15 is 0 Å². The Morgan fingerprint density at radius 2 is 1.21 bits per heavy atom. The van der Waals surface area contributed by atoms with Crippen LogP contribution in [0.1, 0.15) is 56.2 Å². The molecule has 1 saturated carbocycles. The zero-order valence-electron chi connectivity index (χ0n) is 33.4. The van der Waals surface area contributed by atoms with E-state index in [4.69, 9.17) is 4.42 Å². The molecule has 2 heterocycles. The van der Waals surface area contributed by atoms with Crippen molar-refractivity contribution >= 4 is 62.3 Å². The largest absolute Gasteiger partial charge is 0.456 e. The lowest BCUT2D eigenvalue weighted by atomic mass is 9.44. The zero-order valence-corrected chi connectivity index (χ0v) is 33.4. The van der Waals surface area contributed by atoms with Gasteiger partial charge in [0.05, 0.1) is 0 Å². The van der Waals surface area contributed by atoms with Gasteiger partial charge in [0.25, 0.3) is 0 Å². The first-order valence-corrected chi connectivity index (χ1v) is 20.9. The van der Waals surface area contributed by atoms with Crippen molar-refractivity contribution < 1.29 is 4.42 Å². The van der Waals surface area contributed by atoms with Crippen molar-refractivity contribution in [2.45, 2.75) is 57.3 Å². The molecule has 1 aliphatic heterocycles. The fraction of sp³-hybridized carbons (Fsp3) is 0.164. The number of hydrogen-bond donors (Lipinski definition) is 1. The molecule has 279 valence electrons. The monoisotopic (exact) mass is 746 g/mol. The van der Waals surface area contributed by atoms with Crippen LogP contribution in [0.15, 0.2) is 168 Å². The van der Waals surface area contributed by atoms with Crippen LogP contribution < -0.4 is 16.2 Å². The Bertz CT molecular complexity index is 3040. The molecule has 2 atom stereocenters. The number of hydrogen-bond acceptors (Lipinski definition) is 2. The Balaban J connectivity index is 1.22. The fourth-order valence-electron chi connectivity index (χ4n) is 10.7. The van der Waals surface area contributed by atoms with Crippen LogP contribution in [0.2, 0.25) is 0 Å². The summed E-state index contributed by atoms with van der Waals surface area (Å²) in [5.74, 6) is 0. The summed E-state index contributed by atoms with van der Waals surface area (Å²) in [5.41, 5.74) is 17.9. The summed E-state index contributed by atoms with van der Waals surface area (Å²) >= 11 is 0. The van der Waals surface area contributed by atoms with E-state index in [0.29, 0.717) is 0 Å².